The van der Waals surface area contributed by atoms with Crippen molar-refractivity contribution in [1.82, 2.24) is 9.97 Å². The van der Waals surface area contributed by atoms with Gasteiger partial charge in [0.15, 0.2) is 0 Å². The second-order valence-corrected chi connectivity index (χ2v) is 8.97. The third kappa shape index (κ3) is 3.03. The molecule has 1 aromatic carbocycles. The second kappa shape index (κ2) is 7.54. The molecular weight excluding hydrogens is 418 g/mol. The maximum Gasteiger partial charge on any atom is 0.142 e. The van der Waals surface area contributed by atoms with Crippen molar-refractivity contribution in [3.63, 3.8) is 0 Å². The van der Waals surface area contributed by atoms with Gasteiger partial charge in [0.25, 0.3) is 0 Å². The number of aliphatic hydroxyl groups is 1. The number of aliphatic hydroxyl groups excluding tert-OH is 1. The Bertz CT molecular complexity index is 1220. The number of methoxy groups -OCH3 is 2. The van der Waals surface area contributed by atoms with Crippen LogP contribution in [0.4, 0.5) is 5.82 Å². The number of hydrogen-bond donors (Lipinski definition) is 1. The van der Waals surface area contributed by atoms with Crippen LogP contribution in [-0.2, 0) is 6.54 Å². The Morgan fingerprint density at radius 2 is 1.90 bits per heavy atom. The number of β-amino-alcohol motifs (C(OH)–C–C–N with tert-alkyl or cyclic N) is 1. The van der Waals surface area contributed by atoms with E-state index in [0.29, 0.717) is 18.8 Å². The Hall–Kier alpha value is -2.68. The topological polar surface area (TPSA) is 67.7 Å². The maximum atomic E-state index is 11.1. The van der Waals surface area contributed by atoms with E-state index in [9.17, 15) is 5.11 Å². The monoisotopic (exact) mass is 439 g/mol. The van der Waals surface area contributed by atoms with Crippen molar-refractivity contribution in [1.29, 1.82) is 0 Å². The quantitative estimate of drug-likeness (QED) is 0.493. The zero-order valence-corrected chi connectivity index (χ0v) is 18.5. The van der Waals surface area contributed by atoms with Crippen LogP contribution in [0.3, 0.4) is 0 Å². The van der Waals surface area contributed by atoms with Gasteiger partial charge in [-0.05, 0) is 30.5 Å². The molecule has 0 radical (unpaired) electrons. The highest BCUT2D eigenvalue weighted by Gasteiger charge is 2.32. The fraction of sp³-hybridized carbons (Fsp3) is 0.273. The molecule has 1 N–H and O–H groups in total. The summed E-state index contributed by atoms with van der Waals surface area (Å²) in [5, 5.41) is 16.3. The molecule has 8 heteroatoms. The van der Waals surface area contributed by atoms with Gasteiger partial charge in [-0.2, -0.15) is 0 Å². The number of hydrogen-bond acceptors (Lipinski definition) is 8. The highest BCUT2D eigenvalue weighted by molar-refractivity contribution is 7.18. The molecule has 0 fully saturated rings. The first kappa shape index (κ1) is 19.3. The lowest BCUT2D eigenvalue weighted by atomic mass is 9.95. The zero-order valence-electron chi connectivity index (χ0n) is 16.9. The van der Waals surface area contributed by atoms with E-state index in [-0.39, 0.29) is 0 Å². The summed E-state index contributed by atoms with van der Waals surface area (Å²) in [6.07, 6.45) is -0.715. The van der Waals surface area contributed by atoms with Gasteiger partial charge >= 0.3 is 0 Å². The zero-order chi connectivity index (χ0) is 20.8. The van der Waals surface area contributed by atoms with Crippen molar-refractivity contribution in [3.05, 3.63) is 52.0 Å². The van der Waals surface area contributed by atoms with Crippen LogP contribution in [0, 0.1) is 6.92 Å². The average Bonchev–Trinajstić information content (AvgIpc) is 3.41. The van der Waals surface area contributed by atoms with Crippen LogP contribution >= 0.6 is 22.7 Å². The number of fused-ring (bicyclic) bond motifs is 2. The average molecular weight is 440 g/mol. The van der Waals surface area contributed by atoms with Gasteiger partial charge in [0.1, 0.15) is 34.1 Å². The van der Waals surface area contributed by atoms with Crippen molar-refractivity contribution >= 4 is 38.7 Å². The first-order chi connectivity index (χ1) is 14.6. The van der Waals surface area contributed by atoms with Crippen molar-refractivity contribution in [2.45, 2.75) is 19.6 Å². The van der Waals surface area contributed by atoms with Gasteiger partial charge in [0.05, 0.1) is 26.2 Å². The summed E-state index contributed by atoms with van der Waals surface area (Å²) in [7, 11) is 3.27. The lowest BCUT2D eigenvalue weighted by Gasteiger charge is -2.35. The predicted molar refractivity (Wildman–Crippen MR) is 121 cm³/mol. The minimum atomic E-state index is -0.715. The Balaban J connectivity index is 1.68. The number of benzene rings is 1. The molecule has 3 aromatic heterocycles. The molecule has 4 heterocycles. The molecule has 0 bridgehead atoms. The summed E-state index contributed by atoms with van der Waals surface area (Å²) in [5.74, 6) is 2.98. The smallest absolute Gasteiger partial charge is 0.142 e. The van der Waals surface area contributed by atoms with Crippen LogP contribution in [0.2, 0.25) is 0 Å². The number of ether oxygens (including phenoxy) is 2. The van der Waals surface area contributed by atoms with Crippen LogP contribution in [0.5, 0.6) is 11.5 Å². The van der Waals surface area contributed by atoms with Crippen molar-refractivity contribution in [2.24, 2.45) is 0 Å². The molecule has 0 saturated carbocycles. The van der Waals surface area contributed by atoms with Gasteiger partial charge in [-0.25, -0.2) is 9.97 Å². The number of thiophene rings is 2. The molecule has 1 atom stereocenters. The molecule has 6 nitrogen and oxygen atoms in total. The van der Waals surface area contributed by atoms with Crippen LogP contribution in [-0.4, -0.2) is 35.8 Å². The lowest BCUT2D eigenvalue weighted by molar-refractivity contribution is 0.169. The molecule has 30 heavy (non-hydrogen) atoms. The van der Waals surface area contributed by atoms with Crippen LogP contribution in [0.25, 0.3) is 20.7 Å². The van der Waals surface area contributed by atoms with Gasteiger partial charge < -0.3 is 19.5 Å². The van der Waals surface area contributed by atoms with Crippen molar-refractivity contribution < 1.29 is 14.6 Å². The van der Waals surface area contributed by atoms with E-state index < -0.39 is 6.10 Å². The van der Waals surface area contributed by atoms with Gasteiger partial charge in [0, 0.05) is 33.5 Å². The second-order valence-electron chi connectivity index (χ2n) is 7.16. The highest BCUT2D eigenvalue weighted by Crippen LogP contribution is 2.44. The van der Waals surface area contributed by atoms with E-state index in [1.54, 1.807) is 36.9 Å². The van der Waals surface area contributed by atoms with E-state index in [4.69, 9.17) is 14.5 Å². The summed E-state index contributed by atoms with van der Waals surface area (Å²) >= 11 is 3.33. The molecule has 0 aliphatic carbocycles. The van der Waals surface area contributed by atoms with Gasteiger partial charge in [-0.1, -0.05) is 6.07 Å². The Morgan fingerprint density at radius 3 is 2.63 bits per heavy atom. The van der Waals surface area contributed by atoms with E-state index in [1.807, 2.05) is 19.1 Å². The molecule has 4 aromatic rings. The summed E-state index contributed by atoms with van der Waals surface area (Å²) < 4.78 is 11.1. The van der Waals surface area contributed by atoms with Crippen LogP contribution < -0.4 is 14.4 Å². The normalized spacial score (nSPS) is 16.0. The minimum Gasteiger partial charge on any atom is -0.496 e. The summed E-state index contributed by atoms with van der Waals surface area (Å²) in [6, 6.07) is 7.90. The SMILES string of the molecule is COc1ccc(OC)c2c1CN(c1nc(C)nc3scc(-c4cccs4)c13)CC2O. The molecule has 0 saturated heterocycles. The third-order valence-electron chi connectivity index (χ3n) is 5.40. The first-order valence-corrected chi connectivity index (χ1v) is 11.3. The maximum absolute atomic E-state index is 11.1. The van der Waals surface area contributed by atoms with E-state index >= 15 is 0 Å². The van der Waals surface area contributed by atoms with E-state index in [2.05, 4.69) is 32.8 Å². The number of aryl methyl sites for hydroxylation is 1. The molecule has 5 rings (SSSR count). The largest absolute Gasteiger partial charge is 0.496 e. The fourth-order valence-electron chi connectivity index (χ4n) is 4.11. The summed E-state index contributed by atoms with van der Waals surface area (Å²) in [5.41, 5.74) is 2.85. The molecule has 1 aliphatic rings. The molecule has 154 valence electrons. The Labute approximate surface area is 182 Å². The number of rotatable bonds is 4. The van der Waals surface area contributed by atoms with Crippen molar-refractivity contribution in [3.8, 4) is 21.9 Å². The molecule has 0 amide bonds. The number of aromatic nitrogens is 2. The highest BCUT2D eigenvalue weighted by atomic mass is 32.1. The molecular formula is C22H21N3O3S2. The van der Waals surface area contributed by atoms with Crippen LogP contribution in [0.15, 0.2) is 35.0 Å². The lowest BCUT2D eigenvalue weighted by Crippen LogP contribution is -2.35. The van der Waals surface area contributed by atoms with Gasteiger partial charge in [-0.15, -0.1) is 22.7 Å². The fourth-order valence-corrected chi connectivity index (χ4v) is 5.91. The predicted octanol–water partition coefficient (Wildman–Crippen LogP) is 4.80. The molecule has 1 aliphatic heterocycles. The summed E-state index contributed by atoms with van der Waals surface area (Å²) in [4.78, 5) is 13.7. The minimum absolute atomic E-state index is 0.418. The van der Waals surface area contributed by atoms with Gasteiger partial charge in [-0.3, -0.25) is 0 Å². The standard InChI is InChI=1S/C22H21N3O3S2/c1-12-23-21(20-14(11-30-22(20)24-12)18-5-4-8-29-18)25-9-13-16(27-2)6-7-17(28-3)19(13)15(26)10-25/h4-8,11,15,26H,9-10H2,1-3H3. The Kier molecular flexibility index (Phi) is 4.85. The first-order valence-electron chi connectivity index (χ1n) is 9.57. The van der Waals surface area contributed by atoms with Crippen molar-refractivity contribution in [2.75, 3.05) is 25.7 Å². The number of nitrogens with zero attached hydrogens (tertiary/aromatic N) is 3. The molecule has 0 spiro atoms. The number of anilines is 1. The summed E-state index contributed by atoms with van der Waals surface area (Å²) in [6.45, 7) is 2.89. The Morgan fingerprint density at radius 1 is 1.10 bits per heavy atom. The van der Waals surface area contributed by atoms with E-state index in [0.717, 1.165) is 44.3 Å². The third-order valence-corrected chi connectivity index (χ3v) is 7.18. The van der Waals surface area contributed by atoms with Gasteiger partial charge in [0.2, 0.25) is 0 Å². The van der Waals surface area contributed by atoms with Crippen LogP contribution in [0.1, 0.15) is 23.1 Å². The molecule has 1 unspecified atom stereocenters. The van der Waals surface area contributed by atoms with E-state index in [1.165, 1.54) is 4.88 Å².